The number of ether oxygens (including phenoxy) is 1. The number of hydrogen-bond donors (Lipinski definition) is 0. The number of rotatable bonds is 0. The van der Waals surface area contributed by atoms with Gasteiger partial charge in [0.25, 0.3) is 11.3 Å². The first-order chi connectivity index (χ1) is 6.84. The lowest BCUT2D eigenvalue weighted by Crippen LogP contribution is -2.42. The van der Waals surface area contributed by atoms with Gasteiger partial charge in [-0.3, -0.25) is 4.18 Å². The summed E-state index contributed by atoms with van der Waals surface area (Å²) in [6, 6.07) is 0. The first-order valence-corrected chi connectivity index (χ1v) is 5.96. The van der Waals surface area contributed by atoms with Gasteiger partial charge in [-0.1, -0.05) is 0 Å². The minimum atomic E-state index is -1.67. The van der Waals surface area contributed by atoms with E-state index in [4.69, 9.17) is 8.92 Å². The van der Waals surface area contributed by atoms with E-state index in [9.17, 15) is 9.00 Å². The summed E-state index contributed by atoms with van der Waals surface area (Å²) >= 11 is -1.67. The number of nitrogens with zero attached hydrogens (tertiary/aromatic N) is 1. The molecule has 0 aromatic heterocycles. The molecule has 1 amide bonds. The lowest BCUT2D eigenvalue weighted by molar-refractivity contribution is 0.0347. The van der Waals surface area contributed by atoms with Crippen LogP contribution in [-0.2, 0) is 20.2 Å². The maximum absolute atomic E-state index is 11.8. The molecule has 0 aromatic carbocycles. The summed E-state index contributed by atoms with van der Waals surface area (Å²) in [7, 11) is 0. The molecular weight excluding hydrogens is 218 g/mol. The van der Waals surface area contributed by atoms with Crippen LogP contribution in [0.15, 0.2) is 0 Å². The van der Waals surface area contributed by atoms with Gasteiger partial charge in [0.1, 0.15) is 5.60 Å². The zero-order valence-corrected chi connectivity index (χ0v) is 9.93. The first kappa shape index (κ1) is 10.9. The lowest BCUT2D eigenvalue weighted by atomic mass is 10.2. The average molecular weight is 233 g/mol. The Morgan fingerprint density at radius 2 is 2.07 bits per heavy atom. The minimum Gasteiger partial charge on any atom is -0.443 e. The molecule has 1 heterocycles. The van der Waals surface area contributed by atoms with E-state index >= 15 is 0 Å². The Labute approximate surface area is 91.5 Å². The topological polar surface area (TPSA) is 55.8 Å². The smallest absolute Gasteiger partial charge is 0.424 e. The Bertz CT molecular complexity index is 319. The molecule has 1 aliphatic carbocycles. The molecule has 5 nitrogen and oxygen atoms in total. The molecule has 1 spiro atoms. The predicted molar refractivity (Wildman–Crippen MR) is 54.1 cm³/mol. The molecule has 0 aromatic rings. The second-order valence-corrected chi connectivity index (χ2v) is 6.01. The molecule has 0 N–H and O–H groups in total. The van der Waals surface area contributed by atoms with Crippen molar-refractivity contribution in [2.24, 2.45) is 0 Å². The molecule has 86 valence electrons. The van der Waals surface area contributed by atoms with Crippen molar-refractivity contribution in [1.29, 1.82) is 0 Å². The van der Waals surface area contributed by atoms with Crippen LogP contribution in [0.1, 0.15) is 33.6 Å². The van der Waals surface area contributed by atoms with Gasteiger partial charge in [0.2, 0.25) is 0 Å². The van der Waals surface area contributed by atoms with Crippen LogP contribution in [0.25, 0.3) is 0 Å². The second-order valence-electron chi connectivity index (χ2n) is 4.98. The molecule has 2 aliphatic rings. The van der Waals surface area contributed by atoms with E-state index in [-0.39, 0.29) is 5.54 Å². The summed E-state index contributed by atoms with van der Waals surface area (Å²) in [5.74, 6) is 0. The van der Waals surface area contributed by atoms with Crippen molar-refractivity contribution in [3.63, 3.8) is 0 Å². The number of hydrogen-bond acceptors (Lipinski definition) is 4. The van der Waals surface area contributed by atoms with Crippen molar-refractivity contribution in [2.45, 2.75) is 44.8 Å². The molecule has 1 unspecified atom stereocenters. The lowest BCUT2D eigenvalue weighted by Gasteiger charge is -2.25. The van der Waals surface area contributed by atoms with Gasteiger partial charge in [0.15, 0.2) is 0 Å². The van der Waals surface area contributed by atoms with Gasteiger partial charge < -0.3 is 4.74 Å². The van der Waals surface area contributed by atoms with Gasteiger partial charge in [-0.2, -0.15) is 4.31 Å². The van der Waals surface area contributed by atoms with Gasteiger partial charge in [0, 0.05) is 0 Å². The maximum atomic E-state index is 11.8. The largest absolute Gasteiger partial charge is 0.443 e. The summed E-state index contributed by atoms with van der Waals surface area (Å²) in [6.07, 6.45) is 1.14. The average Bonchev–Trinajstić information content (AvgIpc) is 2.70. The van der Waals surface area contributed by atoms with E-state index in [1.807, 2.05) is 0 Å². The van der Waals surface area contributed by atoms with Gasteiger partial charge in [-0.15, -0.1) is 0 Å². The molecule has 2 fully saturated rings. The van der Waals surface area contributed by atoms with Gasteiger partial charge in [-0.05, 0) is 33.6 Å². The molecule has 1 atom stereocenters. The normalized spacial score (nSPS) is 28.2. The molecule has 2 rings (SSSR count). The van der Waals surface area contributed by atoms with Crippen LogP contribution in [0.2, 0.25) is 0 Å². The summed E-state index contributed by atoms with van der Waals surface area (Å²) < 4.78 is 22.9. The molecule has 1 saturated carbocycles. The van der Waals surface area contributed by atoms with E-state index in [2.05, 4.69) is 0 Å². The Balaban J connectivity index is 2.09. The molecule has 1 saturated heterocycles. The highest BCUT2D eigenvalue weighted by Gasteiger charge is 2.59. The summed E-state index contributed by atoms with van der Waals surface area (Å²) in [6.45, 7) is 5.71. The van der Waals surface area contributed by atoms with Crippen LogP contribution >= 0.6 is 0 Å². The van der Waals surface area contributed by atoms with Crippen molar-refractivity contribution < 1.29 is 17.9 Å². The molecule has 6 heteroatoms. The Hall–Kier alpha value is -0.620. The fourth-order valence-electron chi connectivity index (χ4n) is 1.48. The minimum absolute atomic E-state index is 0.340. The highest BCUT2D eigenvalue weighted by Crippen LogP contribution is 2.47. The summed E-state index contributed by atoms with van der Waals surface area (Å²) in [5, 5.41) is 0. The quantitative estimate of drug-likeness (QED) is 0.634. The fraction of sp³-hybridized carbons (Fsp3) is 0.889. The van der Waals surface area contributed by atoms with Gasteiger partial charge in [-0.25, -0.2) is 9.00 Å². The van der Waals surface area contributed by atoms with Crippen LogP contribution in [0, 0.1) is 0 Å². The molecule has 1 aliphatic heterocycles. The van der Waals surface area contributed by atoms with E-state index < -0.39 is 23.0 Å². The Morgan fingerprint density at radius 1 is 1.47 bits per heavy atom. The van der Waals surface area contributed by atoms with E-state index in [1.165, 1.54) is 4.31 Å². The molecule has 15 heavy (non-hydrogen) atoms. The molecule has 0 radical (unpaired) electrons. The van der Waals surface area contributed by atoms with Crippen LogP contribution in [0.4, 0.5) is 4.79 Å². The highest BCUT2D eigenvalue weighted by molar-refractivity contribution is 7.78. The van der Waals surface area contributed by atoms with Gasteiger partial charge in [0.05, 0.1) is 12.1 Å². The van der Waals surface area contributed by atoms with Crippen LogP contribution in [0.5, 0.6) is 0 Å². The SMILES string of the molecule is CC(C)(C)OC(=O)N1S(=O)OCC12CC2. The number of amides is 1. The van der Waals surface area contributed by atoms with Crippen LogP contribution in [-0.4, -0.2) is 32.4 Å². The Kier molecular flexibility index (Phi) is 2.31. The Morgan fingerprint density at radius 3 is 2.53 bits per heavy atom. The third-order valence-electron chi connectivity index (χ3n) is 2.39. The fourth-order valence-corrected chi connectivity index (χ4v) is 2.62. The highest BCUT2D eigenvalue weighted by atomic mass is 32.2. The predicted octanol–water partition coefficient (Wildman–Crippen LogP) is 1.36. The van der Waals surface area contributed by atoms with Crippen molar-refractivity contribution in [2.75, 3.05) is 6.61 Å². The third-order valence-corrected chi connectivity index (χ3v) is 3.55. The van der Waals surface area contributed by atoms with Crippen molar-refractivity contribution in [1.82, 2.24) is 4.31 Å². The molecule has 0 bridgehead atoms. The van der Waals surface area contributed by atoms with Gasteiger partial charge >= 0.3 is 6.09 Å². The third kappa shape index (κ3) is 2.01. The van der Waals surface area contributed by atoms with Crippen LogP contribution < -0.4 is 0 Å². The molecular formula is C9H15NO4S. The van der Waals surface area contributed by atoms with E-state index in [0.29, 0.717) is 6.61 Å². The number of carbonyl (C=O) groups is 1. The maximum Gasteiger partial charge on any atom is 0.424 e. The second kappa shape index (κ2) is 3.18. The first-order valence-electron chi connectivity index (χ1n) is 4.92. The monoisotopic (exact) mass is 233 g/mol. The zero-order chi connectivity index (χ0) is 11.3. The van der Waals surface area contributed by atoms with E-state index in [0.717, 1.165) is 12.8 Å². The van der Waals surface area contributed by atoms with Crippen molar-refractivity contribution >= 4 is 17.4 Å². The van der Waals surface area contributed by atoms with E-state index in [1.54, 1.807) is 20.8 Å². The standard InChI is InChI=1S/C9H15NO4S/c1-8(2,3)14-7(11)10-9(4-5-9)6-13-15(10)12/h4-6H2,1-3H3. The van der Waals surface area contributed by atoms with Crippen molar-refractivity contribution in [3.8, 4) is 0 Å². The number of carbonyl (C=O) groups excluding carboxylic acids is 1. The van der Waals surface area contributed by atoms with Crippen molar-refractivity contribution in [3.05, 3.63) is 0 Å². The van der Waals surface area contributed by atoms with Crippen LogP contribution in [0.3, 0.4) is 0 Å². The zero-order valence-electron chi connectivity index (χ0n) is 9.11. The summed E-state index contributed by atoms with van der Waals surface area (Å²) in [5.41, 5.74) is -0.910. The summed E-state index contributed by atoms with van der Waals surface area (Å²) in [4.78, 5) is 11.8.